The largest absolute Gasteiger partial charge is 0.502 e. The van der Waals surface area contributed by atoms with Crippen LogP contribution in [-0.2, 0) is 4.74 Å². The molecule has 0 rings (SSSR count). The Morgan fingerprint density at radius 3 is 2.57 bits per heavy atom. The minimum absolute atomic E-state index is 0.359. The second-order valence-corrected chi connectivity index (χ2v) is 1.61. The van der Waals surface area contributed by atoms with Gasteiger partial charge in [-0.15, -0.1) is 0 Å². The predicted molar refractivity (Wildman–Crippen MR) is 30.7 cm³/mol. The molecule has 0 heterocycles. The SMILES string of the molecule is [CH2]C(C)COC=C. The van der Waals surface area contributed by atoms with Gasteiger partial charge in [0.05, 0.1) is 12.9 Å². The van der Waals surface area contributed by atoms with Gasteiger partial charge in [-0.3, -0.25) is 0 Å². The summed E-state index contributed by atoms with van der Waals surface area (Å²) in [5.74, 6) is 0.359. The van der Waals surface area contributed by atoms with Gasteiger partial charge in [0, 0.05) is 0 Å². The van der Waals surface area contributed by atoms with Crippen LogP contribution in [0.1, 0.15) is 6.92 Å². The van der Waals surface area contributed by atoms with Gasteiger partial charge in [0.2, 0.25) is 0 Å². The molecule has 1 unspecified atom stereocenters. The van der Waals surface area contributed by atoms with Gasteiger partial charge in [-0.25, -0.2) is 0 Å². The Morgan fingerprint density at radius 2 is 2.43 bits per heavy atom. The third-order valence-electron chi connectivity index (χ3n) is 0.499. The molecular weight excluding hydrogens is 88.1 g/mol. The zero-order chi connectivity index (χ0) is 5.70. The van der Waals surface area contributed by atoms with Crippen molar-refractivity contribution in [2.75, 3.05) is 6.61 Å². The number of rotatable bonds is 3. The molecule has 1 radical (unpaired) electrons. The summed E-state index contributed by atoms with van der Waals surface area (Å²) in [7, 11) is 0. The molecule has 0 aromatic carbocycles. The average molecular weight is 99.2 g/mol. The Kier molecular flexibility index (Phi) is 3.48. The van der Waals surface area contributed by atoms with Crippen molar-refractivity contribution in [3.8, 4) is 0 Å². The van der Waals surface area contributed by atoms with Gasteiger partial charge < -0.3 is 4.74 Å². The third kappa shape index (κ3) is 5.54. The van der Waals surface area contributed by atoms with Gasteiger partial charge in [-0.2, -0.15) is 0 Å². The van der Waals surface area contributed by atoms with Gasteiger partial charge in [0.25, 0.3) is 0 Å². The van der Waals surface area contributed by atoms with E-state index < -0.39 is 0 Å². The highest BCUT2D eigenvalue weighted by Gasteiger charge is 1.87. The fourth-order valence-corrected chi connectivity index (χ4v) is 0.232. The first kappa shape index (κ1) is 6.54. The molecule has 0 saturated carbocycles. The maximum Gasteiger partial charge on any atom is 0.0898 e. The highest BCUT2D eigenvalue weighted by atomic mass is 16.5. The molecule has 0 amide bonds. The Morgan fingerprint density at radius 1 is 1.86 bits per heavy atom. The smallest absolute Gasteiger partial charge is 0.0898 e. The lowest BCUT2D eigenvalue weighted by atomic mass is 10.2. The van der Waals surface area contributed by atoms with E-state index in [0.29, 0.717) is 12.5 Å². The molecule has 0 aromatic heterocycles. The van der Waals surface area contributed by atoms with Crippen molar-refractivity contribution < 1.29 is 4.74 Å². The second kappa shape index (κ2) is 3.72. The van der Waals surface area contributed by atoms with Crippen LogP contribution in [0.5, 0.6) is 0 Å². The first-order valence-corrected chi connectivity index (χ1v) is 2.33. The molecule has 0 spiro atoms. The molecular formula is C6H11O. The summed E-state index contributed by atoms with van der Waals surface area (Å²) in [4.78, 5) is 0. The molecule has 0 N–H and O–H groups in total. The second-order valence-electron chi connectivity index (χ2n) is 1.61. The van der Waals surface area contributed by atoms with Crippen LogP contribution in [0.4, 0.5) is 0 Å². The molecule has 0 aliphatic rings. The first-order chi connectivity index (χ1) is 3.27. The average Bonchev–Trinajstić information content (AvgIpc) is 1.61. The highest BCUT2D eigenvalue weighted by Crippen LogP contribution is 1.89. The number of hydrogen-bond donors (Lipinski definition) is 0. The molecule has 7 heavy (non-hydrogen) atoms. The summed E-state index contributed by atoms with van der Waals surface area (Å²) in [5.41, 5.74) is 0. The quantitative estimate of drug-likeness (QED) is 0.488. The van der Waals surface area contributed by atoms with Crippen LogP contribution in [0.3, 0.4) is 0 Å². The topological polar surface area (TPSA) is 9.23 Å². The summed E-state index contributed by atoms with van der Waals surface area (Å²) in [6, 6.07) is 0. The molecule has 0 aliphatic carbocycles. The number of ether oxygens (including phenoxy) is 1. The third-order valence-corrected chi connectivity index (χ3v) is 0.499. The molecule has 1 heteroatoms. The maximum absolute atomic E-state index is 4.80. The van der Waals surface area contributed by atoms with Crippen LogP contribution in [0.15, 0.2) is 12.8 Å². The lowest BCUT2D eigenvalue weighted by Crippen LogP contribution is -1.95. The van der Waals surface area contributed by atoms with E-state index in [1.807, 2.05) is 6.92 Å². The van der Waals surface area contributed by atoms with Crippen LogP contribution < -0.4 is 0 Å². The molecule has 0 saturated heterocycles. The summed E-state index contributed by atoms with van der Waals surface area (Å²) in [5, 5.41) is 0. The normalized spacial score (nSPS) is 9.00. The van der Waals surface area contributed by atoms with Gasteiger partial charge in [-0.1, -0.05) is 13.5 Å². The van der Waals surface area contributed by atoms with E-state index in [9.17, 15) is 0 Å². The van der Waals surface area contributed by atoms with Crippen molar-refractivity contribution in [1.29, 1.82) is 0 Å². The van der Waals surface area contributed by atoms with E-state index in [4.69, 9.17) is 4.74 Å². The lowest BCUT2D eigenvalue weighted by Gasteiger charge is -2.00. The van der Waals surface area contributed by atoms with Crippen molar-refractivity contribution in [2.24, 2.45) is 5.92 Å². The Labute approximate surface area is 45.0 Å². The van der Waals surface area contributed by atoms with Crippen LogP contribution in [0.25, 0.3) is 0 Å². The monoisotopic (exact) mass is 99.1 g/mol. The predicted octanol–water partition coefficient (Wildman–Crippen LogP) is 1.62. The van der Waals surface area contributed by atoms with Crippen LogP contribution in [-0.4, -0.2) is 6.61 Å². The fraction of sp³-hybridized carbons (Fsp3) is 0.500. The summed E-state index contributed by atoms with van der Waals surface area (Å²) < 4.78 is 4.80. The first-order valence-electron chi connectivity index (χ1n) is 2.33. The van der Waals surface area contributed by atoms with Crippen molar-refractivity contribution in [3.05, 3.63) is 19.8 Å². The van der Waals surface area contributed by atoms with Gasteiger partial charge in [0.15, 0.2) is 0 Å². The van der Waals surface area contributed by atoms with Crippen molar-refractivity contribution >= 4 is 0 Å². The van der Waals surface area contributed by atoms with Gasteiger partial charge in [0.1, 0.15) is 0 Å². The molecule has 0 bridgehead atoms. The van der Waals surface area contributed by atoms with E-state index in [2.05, 4.69) is 13.5 Å². The molecule has 41 valence electrons. The van der Waals surface area contributed by atoms with E-state index in [1.54, 1.807) is 0 Å². The molecule has 0 fully saturated rings. The Hall–Kier alpha value is -0.460. The zero-order valence-corrected chi connectivity index (χ0v) is 4.68. The lowest BCUT2D eigenvalue weighted by molar-refractivity contribution is 0.223. The van der Waals surface area contributed by atoms with Crippen LogP contribution in [0.2, 0.25) is 0 Å². The highest BCUT2D eigenvalue weighted by molar-refractivity contribution is 4.55. The van der Waals surface area contributed by atoms with E-state index >= 15 is 0 Å². The Balaban J connectivity index is 2.81. The van der Waals surface area contributed by atoms with E-state index in [-0.39, 0.29) is 0 Å². The zero-order valence-electron chi connectivity index (χ0n) is 4.68. The molecule has 0 aromatic rings. The minimum atomic E-state index is 0.359. The molecule has 1 nitrogen and oxygen atoms in total. The molecule has 0 aliphatic heterocycles. The van der Waals surface area contributed by atoms with Crippen molar-refractivity contribution in [3.63, 3.8) is 0 Å². The Bertz CT molecular complexity index is 48.1. The van der Waals surface area contributed by atoms with Crippen LogP contribution >= 0.6 is 0 Å². The van der Waals surface area contributed by atoms with Crippen molar-refractivity contribution in [2.45, 2.75) is 6.92 Å². The van der Waals surface area contributed by atoms with E-state index in [1.165, 1.54) is 6.26 Å². The standard InChI is InChI=1S/C6H11O/c1-4-7-5-6(2)3/h4,6H,1-2,5H2,3H3. The summed E-state index contributed by atoms with van der Waals surface area (Å²) in [6.07, 6.45) is 1.43. The van der Waals surface area contributed by atoms with Gasteiger partial charge in [-0.05, 0) is 12.8 Å². The van der Waals surface area contributed by atoms with Crippen LogP contribution in [0, 0.1) is 12.8 Å². The summed E-state index contributed by atoms with van der Waals surface area (Å²) in [6.45, 7) is 9.75. The minimum Gasteiger partial charge on any atom is -0.502 e. The maximum atomic E-state index is 4.80. The number of hydrogen-bond acceptors (Lipinski definition) is 1. The van der Waals surface area contributed by atoms with Crippen molar-refractivity contribution in [1.82, 2.24) is 0 Å². The fourth-order valence-electron chi connectivity index (χ4n) is 0.232. The van der Waals surface area contributed by atoms with Gasteiger partial charge >= 0.3 is 0 Å². The molecule has 1 atom stereocenters. The summed E-state index contributed by atoms with van der Waals surface area (Å²) >= 11 is 0. The van der Waals surface area contributed by atoms with E-state index in [0.717, 1.165) is 0 Å².